The van der Waals surface area contributed by atoms with Crippen LogP contribution in [0.1, 0.15) is 45.4 Å². The van der Waals surface area contributed by atoms with E-state index in [1.54, 1.807) is 6.92 Å². The van der Waals surface area contributed by atoms with E-state index in [4.69, 9.17) is 11.2 Å². The minimum absolute atomic E-state index is 0.202. The van der Waals surface area contributed by atoms with Crippen molar-refractivity contribution < 1.29 is 14.6 Å². The predicted molar refractivity (Wildman–Crippen MR) is 64.0 cm³/mol. The molecule has 2 fully saturated rings. The summed E-state index contributed by atoms with van der Waals surface area (Å²) in [5, 5.41) is 10.9. The van der Waals surface area contributed by atoms with Crippen molar-refractivity contribution in [3.8, 4) is 12.3 Å². The van der Waals surface area contributed by atoms with Crippen LogP contribution in [0.2, 0.25) is 0 Å². The highest BCUT2D eigenvalue weighted by Gasteiger charge is 2.64. The zero-order valence-corrected chi connectivity index (χ0v) is 10.4. The average molecular weight is 236 g/mol. The van der Waals surface area contributed by atoms with Crippen molar-refractivity contribution in [3.63, 3.8) is 0 Å². The summed E-state index contributed by atoms with van der Waals surface area (Å²) in [5.41, 5.74) is -1.77. The van der Waals surface area contributed by atoms with Crippen molar-refractivity contribution in [2.45, 2.75) is 51.0 Å². The summed E-state index contributed by atoms with van der Waals surface area (Å²) in [4.78, 5) is 12.2. The van der Waals surface area contributed by atoms with E-state index >= 15 is 0 Å². The standard InChI is InChI=1S/C14H20O3/c1-3-11-7-10-13(12(15)17-4-2)8-5-6-9-14(11,13)16/h1,11,16H,4-10H2,2H3/t11-,13+,14+/m0/s1. The molecule has 0 unspecified atom stereocenters. The molecule has 0 radical (unpaired) electrons. The summed E-state index contributed by atoms with van der Waals surface area (Å²) >= 11 is 0. The van der Waals surface area contributed by atoms with Gasteiger partial charge in [-0.2, -0.15) is 0 Å². The van der Waals surface area contributed by atoms with Crippen LogP contribution in [0.4, 0.5) is 0 Å². The second kappa shape index (κ2) is 4.34. The lowest BCUT2D eigenvalue weighted by Crippen LogP contribution is -2.55. The first-order chi connectivity index (χ1) is 8.10. The van der Waals surface area contributed by atoms with E-state index in [2.05, 4.69) is 5.92 Å². The van der Waals surface area contributed by atoms with E-state index in [9.17, 15) is 9.90 Å². The normalized spacial score (nSPS) is 40.4. The van der Waals surface area contributed by atoms with Gasteiger partial charge in [-0.3, -0.25) is 4.79 Å². The Kier molecular flexibility index (Phi) is 3.18. The van der Waals surface area contributed by atoms with E-state index in [-0.39, 0.29) is 11.9 Å². The Labute approximate surface area is 103 Å². The number of carbonyl (C=O) groups excluding carboxylic acids is 1. The summed E-state index contributed by atoms with van der Waals surface area (Å²) in [6, 6.07) is 0. The number of aliphatic hydroxyl groups is 1. The Bertz CT molecular complexity index is 357. The van der Waals surface area contributed by atoms with E-state index in [0.29, 0.717) is 25.9 Å². The Hall–Kier alpha value is -1.01. The Morgan fingerprint density at radius 2 is 2.18 bits per heavy atom. The lowest BCUT2D eigenvalue weighted by molar-refractivity contribution is -0.180. The zero-order chi connectivity index (χ0) is 12.5. The number of hydrogen-bond acceptors (Lipinski definition) is 3. The number of rotatable bonds is 2. The Morgan fingerprint density at radius 3 is 2.82 bits per heavy atom. The average Bonchev–Trinajstić information content (AvgIpc) is 2.63. The zero-order valence-electron chi connectivity index (χ0n) is 10.4. The molecule has 3 heteroatoms. The van der Waals surface area contributed by atoms with Gasteiger partial charge in [-0.05, 0) is 32.6 Å². The van der Waals surface area contributed by atoms with Crippen molar-refractivity contribution in [1.82, 2.24) is 0 Å². The molecule has 0 aromatic carbocycles. The molecule has 0 bridgehead atoms. The van der Waals surface area contributed by atoms with Crippen LogP contribution in [0.15, 0.2) is 0 Å². The maximum Gasteiger partial charge on any atom is 0.315 e. The van der Waals surface area contributed by atoms with Gasteiger partial charge in [0.2, 0.25) is 0 Å². The van der Waals surface area contributed by atoms with Crippen LogP contribution in [0.25, 0.3) is 0 Å². The minimum Gasteiger partial charge on any atom is -0.465 e. The number of carbonyl (C=O) groups is 1. The van der Waals surface area contributed by atoms with Gasteiger partial charge in [0, 0.05) is 5.92 Å². The van der Waals surface area contributed by atoms with E-state index in [0.717, 1.165) is 19.3 Å². The molecular formula is C14H20O3. The number of terminal acetylenes is 1. The first-order valence-corrected chi connectivity index (χ1v) is 6.46. The molecule has 0 aromatic heterocycles. The van der Waals surface area contributed by atoms with Gasteiger partial charge in [-0.1, -0.05) is 12.8 Å². The maximum atomic E-state index is 12.2. The molecule has 0 aromatic rings. The minimum atomic E-state index is -1.04. The van der Waals surface area contributed by atoms with Gasteiger partial charge in [0.15, 0.2) is 0 Å². The fourth-order valence-corrected chi connectivity index (χ4v) is 3.63. The van der Waals surface area contributed by atoms with E-state index in [1.165, 1.54) is 0 Å². The maximum absolute atomic E-state index is 12.2. The second-order valence-corrected chi connectivity index (χ2v) is 5.19. The van der Waals surface area contributed by atoms with Gasteiger partial charge in [0.25, 0.3) is 0 Å². The molecule has 2 aliphatic carbocycles. The van der Waals surface area contributed by atoms with Crippen LogP contribution in [-0.2, 0) is 9.53 Å². The fourth-order valence-electron chi connectivity index (χ4n) is 3.63. The highest BCUT2D eigenvalue weighted by Crippen LogP contribution is 2.58. The van der Waals surface area contributed by atoms with E-state index in [1.807, 2.05) is 0 Å². The molecule has 2 rings (SSSR count). The van der Waals surface area contributed by atoms with Gasteiger partial charge >= 0.3 is 5.97 Å². The molecule has 2 saturated carbocycles. The summed E-state index contributed by atoms with van der Waals surface area (Å²) in [7, 11) is 0. The van der Waals surface area contributed by atoms with Gasteiger partial charge in [-0.15, -0.1) is 12.3 Å². The number of esters is 1. The summed E-state index contributed by atoms with van der Waals surface area (Å²) in [5.74, 6) is 2.22. The van der Waals surface area contributed by atoms with Crippen molar-refractivity contribution >= 4 is 5.97 Å². The number of hydrogen-bond donors (Lipinski definition) is 1. The molecule has 0 amide bonds. The third-order valence-electron chi connectivity index (χ3n) is 4.54. The smallest absolute Gasteiger partial charge is 0.315 e. The molecule has 0 saturated heterocycles. The molecule has 17 heavy (non-hydrogen) atoms. The topological polar surface area (TPSA) is 46.5 Å². The van der Waals surface area contributed by atoms with E-state index < -0.39 is 11.0 Å². The quantitative estimate of drug-likeness (QED) is 0.588. The van der Waals surface area contributed by atoms with Crippen molar-refractivity contribution in [1.29, 1.82) is 0 Å². The molecular weight excluding hydrogens is 216 g/mol. The van der Waals surface area contributed by atoms with Crippen molar-refractivity contribution in [3.05, 3.63) is 0 Å². The summed E-state index contributed by atoms with van der Waals surface area (Å²) < 4.78 is 5.18. The highest BCUT2D eigenvalue weighted by molar-refractivity contribution is 5.79. The highest BCUT2D eigenvalue weighted by atomic mass is 16.5. The Morgan fingerprint density at radius 1 is 1.47 bits per heavy atom. The van der Waals surface area contributed by atoms with Crippen LogP contribution >= 0.6 is 0 Å². The Balaban J connectivity index is 2.36. The van der Waals surface area contributed by atoms with Gasteiger partial charge in [0.05, 0.1) is 17.6 Å². The fraction of sp³-hybridized carbons (Fsp3) is 0.786. The van der Waals surface area contributed by atoms with Crippen LogP contribution in [0.5, 0.6) is 0 Å². The predicted octanol–water partition coefficient (Wildman–Crippen LogP) is 1.88. The first kappa shape index (κ1) is 12.4. The molecule has 3 atom stereocenters. The monoisotopic (exact) mass is 236 g/mol. The van der Waals surface area contributed by atoms with Crippen molar-refractivity contribution in [2.24, 2.45) is 11.3 Å². The van der Waals surface area contributed by atoms with Gasteiger partial charge in [0.1, 0.15) is 0 Å². The van der Waals surface area contributed by atoms with Crippen LogP contribution in [-0.4, -0.2) is 23.3 Å². The van der Waals surface area contributed by atoms with Crippen LogP contribution in [0.3, 0.4) is 0 Å². The molecule has 0 spiro atoms. The second-order valence-electron chi connectivity index (χ2n) is 5.19. The summed E-state index contributed by atoms with van der Waals surface area (Å²) in [6.45, 7) is 2.15. The molecule has 0 heterocycles. The molecule has 2 aliphatic rings. The summed E-state index contributed by atoms with van der Waals surface area (Å²) in [6.07, 6.45) is 10.1. The van der Waals surface area contributed by atoms with Gasteiger partial charge in [-0.25, -0.2) is 0 Å². The molecule has 94 valence electrons. The first-order valence-electron chi connectivity index (χ1n) is 6.46. The van der Waals surface area contributed by atoms with Crippen LogP contribution < -0.4 is 0 Å². The largest absolute Gasteiger partial charge is 0.465 e. The van der Waals surface area contributed by atoms with Crippen LogP contribution in [0, 0.1) is 23.7 Å². The third-order valence-corrected chi connectivity index (χ3v) is 4.54. The molecule has 3 nitrogen and oxygen atoms in total. The lowest BCUT2D eigenvalue weighted by Gasteiger charge is -2.45. The third kappa shape index (κ3) is 1.58. The number of fused-ring (bicyclic) bond motifs is 1. The van der Waals surface area contributed by atoms with Crippen molar-refractivity contribution in [2.75, 3.05) is 6.61 Å². The molecule has 0 aliphatic heterocycles. The lowest BCUT2D eigenvalue weighted by atomic mass is 9.63. The number of ether oxygens (including phenoxy) is 1. The van der Waals surface area contributed by atoms with Gasteiger partial charge < -0.3 is 9.84 Å². The molecule has 1 N–H and O–H groups in total. The SMILES string of the molecule is C#C[C@H]1CC[C@@]2(C(=O)OCC)CCCC[C@@]12O.